The summed E-state index contributed by atoms with van der Waals surface area (Å²) in [6.07, 6.45) is 5.82. The summed E-state index contributed by atoms with van der Waals surface area (Å²) in [6.45, 7) is 1.46. The lowest BCUT2D eigenvalue weighted by Crippen LogP contribution is -2.22. The smallest absolute Gasteiger partial charge is 0.259 e. The summed E-state index contributed by atoms with van der Waals surface area (Å²) in [5, 5.41) is 4.45. The lowest BCUT2D eigenvalue weighted by molar-refractivity contribution is -0.122. The highest BCUT2D eigenvalue weighted by atomic mass is 35.5. The summed E-state index contributed by atoms with van der Waals surface area (Å²) in [6, 6.07) is 15.9. The van der Waals surface area contributed by atoms with Gasteiger partial charge in [-0.05, 0) is 31.5 Å². The second-order valence-corrected chi connectivity index (χ2v) is 7.95. The number of imide groups is 1. The van der Waals surface area contributed by atoms with Gasteiger partial charge in [0.2, 0.25) is 0 Å². The molecule has 0 aliphatic carbocycles. The maximum Gasteiger partial charge on any atom is 0.259 e. The lowest BCUT2D eigenvalue weighted by atomic mass is 9.95. The van der Waals surface area contributed by atoms with Gasteiger partial charge in [-0.2, -0.15) is 0 Å². The molecule has 1 aliphatic heterocycles. The number of carbonyl (C=O) groups is 2. The van der Waals surface area contributed by atoms with Crippen molar-refractivity contribution in [2.45, 2.75) is 19.4 Å². The normalized spacial score (nSPS) is 13.8. The molecule has 32 heavy (non-hydrogen) atoms. The van der Waals surface area contributed by atoms with Crippen LogP contribution in [0.2, 0.25) is 0 Å². The van der Waals surface area contributed by atoms with Gasteiger partial charge < -0.3 is 14.9 Å². The molecule has 0 spiro atoms. The molecule has 0 saturated heterocycles. The van der Waals surface area contributed by atoms with Crippen molar-refractivity contribution < 1.29 is 9.59 Å². The van der Waals surface area contributed by atoms with Crippen molar-refractivity contribution in [1.29, 1.82) is 0 Å². The minimum absolute atomic E-state index is 0. The van der Waals surface area contributed by atoms with E-state index in [1.807, 2.05) is 72.5 Å². The molecule has 0 fully saturated rings. The topological polar surface area (TPSA) is 82.0 Å². The Hall–Kier alpha value is -3.35. The number of carbonyl (C=O) groups excluding carboxylic acids is 2. The maximum atomic E-state index is 13.0. The van der Waals surface area contributed by atoms with Crippen LogP contribution in [0.5, 0.6) is 0 Å². The first kappa shape index (κ1) is 21.9. The zero-order valence-electron chi connectivity index (χ0n) is 17.8. The van der Waals surface area contributed by atoms with Crippen molar-refractivity contribution in [2.24, 2.45) is 12.8 Å². The number of unbranched alkanes of at least 4 members (excludes halogenated alkanes) is 1. The number of aryl methyl sites for hydroxylation is 2. The standard InChI is InChI=1S/C25H24N4O2.ClH/c1-28-14-18(16-8-2-4-10-20(16)28)22-23(25(31)27-24(22)30)19-15-29(13-7-6-12-26)21-11-5-3-9-17(19)21;/h2-5,8-11,14-15H,6-7,12-13,26H2,1H3,(H,27,30,31);1H. The second-order valence-electron chi connectivity index (χ2n) is 7.95. The van der Waals surface area contributed by atoms with Crippen LogP contribution in [0.4, 0.5) is 0 Å². The molecular formula is C25H25ClN4O2. The second kappa shape index (κ2) is 8.65. The molecule has 7 heteroatoms. The zero-order valence-corrected chi connectivity index (χ0v) is 18.6. The molecule has 1 aliphatic rings. The molecule has 0 radical (unpaired) electrons. The number of hydrogen-bond donors (Lipinski definition) is 2. The highest BCUT2D eigenvalue weighted by Crippen LogP contribution is 2.38. The fraction of sp³-hybridized carbons (Fsp3) is 0.200. The minimum atomic E-state index is -0.351. The fourth-order valence-electron chi connectivity index (χ4n) is 4.57. The van der Waals surface area contributed by atoms with Gasteiger partial charge in [0, 0.05) is 58.9 Å². The van der Waals surface area contributed by atoms with Crippen LogP contribution in [0.1, 0.15) is 24.0 Å². The van der Waals surface area contributed by atoms with Crippen molar-refractivity contribution in [2.75, 3.05) is 6.54 Å². The van der Waals surface area contributed by atoms with Crippen LogP contribution in [-0.2, 0) is 23.2 Å². The van der Waals surface area contributed by atoms with Gasteiger partial charge in [0.15, 0.2) is 0 Å². The van der Waals surface area contributed by atoms with E-state index in [-0.39, 0.29) is 24.2 Å². The molecule has 0 bridgehead atoms. The van der Waals surface area contributed by atoms with Gasteiger partial charge >= 0.3 is 0 Å². The number of nitrogens with one attached hydrogen (secondary N) is 1. The van der Waals surface area contributed by atoms with Crippen LogP contribution in [0, 0.1) is 0 Å². The van der Waals surface area contributed by atoms with Gasteiger partial charge in [-0.3, -0.25) is 14.9 Å². The van der Waals surface area contributed by atoms with Crippen molar-refractivity contribution in [3.8, 4) is 0 Å². The van der Waals surface area contributed by atoms with Gasteiger partial charge in [0.05, 0.1) is 11.1 Å². The fourth-order valence-corrected chi connectivity index (χ4v) is 4.57. The number of nitrogens with zero attached hydrogens (tertiary/aromatic N) is 2. The number of amides is 2. The summed E-state index contributed by atoms with van der Waals surface area (Å²) < 4.78 is 4.14. The van der Waals surface area contributed by atoms with Crippen LogP contribution in [0.25, 0.3) is 33.0 Å². The number of aromatic nitrogens is 2. The van der Waals surface area contributed by atoms with Crippen LogP contribution >= 0.6 is 12.4 Å². The molecule has 0 atom stereocenters. The minimum Gasteiger partial charge on any atom is -0.350 e. The molecular weight excluding hydrogens is 424 g/mol. The largest absolute Gasteiger partial charge is 0.350 e. The average Bonchev–Trinajstić information content (AvgIpc) is 3.39. The SMILES string of the molecule is Cl.Cn1cc(C2=C(c3cn(CCCCN)c4ccccc34)C(=O)NC2=O)c2ccccc21. The number of halogens is 1. The van der Waals surface area contributed by atoms with Crippen LogP contribution in [-0.4, -0.2) is 27.5 Å². The summed E-state index contributed by atoms with van der Waals surface area (Å²) >= 11 is 0. The molecule has 0 saturated carbocycles. The monoisotopic (exact) mass is 448 g/mol. The molecule has 2 aromatic carbocycles. The molecule has 5 rings (SSSR count). The van der Waals surface area contributed by atoms with Gasteiger partial charge in [-0.1, -0.05) is 36.4 Å². The van der Waals surface area contributed by atoms with Crippen molar-refractivity contribution >= 4 is 57.2 Å². The van der Waals surface area contributed by atoms with E-state index in [9.17, 15) is 9.59 Å². The number of para-hydroxylation sites is 2. The van der Waals surface area contributed by atoms with E-state index in [0.717, 1.165) is 52.3 Å². The van der Waals surface area contributed by atoms with E-state index in [1.54, 1.807) is 0 Å². The molecule has 3 N–H and O–H groups in total. The summed E-state index contributed by atoms with van der Waals surface area (Å²) in [5.74, 6) is -0.700. The van der Waals surface area contributed by atoms with Gasteiger partial charge in [-0.25, -0.2) is 0 Å². The van der Waals surface area contributed by atoms with E-state index in [2.05, 4.69) is 9.88 Å². The van der Waals surface area contributed by atoms with Crippen LogP contribution < -0.4 is 11.1 Å². The first-order valence-corrected chi connectivity index (χ1v) is 10.5. The number of nitrogens with two attached hydrogens (primary N) is 1. The Balaban J connectivity index is 0.00000245. The van der Waals surface area contributed by atoms with E-state index < -0.39 is 0 Å². The molecule has 2 amide bonds. The van der Waals surface area contributed by atoms with Crippen molar-refractivity contribution in [1.82, 2.24) is 14.5 Å². The Kier molecular flexibility index (Phi) is 5.91. The third-order valence-electron chi connectivity index (χ3n) is 6.01. The number of fused-ring (bicyclic) bond motifs is 2. The Morgan fingerprint density at radius 3 is 2.03 bits per heavy atom. The van der Waals surface area contributed by atoms with Crippen LogP contribution in [0.3, 0.4) is 0 Å². The Morgan fingerprint density at radius 1 is 0.812 bits per heavy atom. The predicted octanol–water partition coefficient (Wildman–Crippen LogP) is 3.86. The molecule has 164 valence electrons. The quantitative estimate of drug-likeness (QED) is 0.347. The highest BCUT2D eigenvalue weighted by Gasteiger charge is 2.35. The van der Waals surface area contributed by atoms with Gasteiger partial charge in [-0.15, -0.1) is 12.4 Å². The van der Waals surface area contributed by atoms with E-state index in [4.69, 9.17) is 5.73 Å². The number of rotatable bonds is 6. The summed E-state index contributed by atoms with van der Waals surface area (Å²) in [5.41, 5.74) is 10.2. The van der Waals surface area contributed by atoms with E-state index >= 15 is 0 Å². The number of hydrogen-bond acceptors (Lipinski definition) is 3. The van der Waals surface area contributed by atoms with Gasteiger partial charge in [0.1, 0.15) is 0 Å². The summed E-state index contributed by atoms with van der Waals surface area (Å²) in [4.78, 5) is 26.0. The molecule has 4 aromatic rings. The van der Waals surface area contributed by atoms with E-state index in [0.29, 0.717) is 17.7 Å². The lowest BCUT2D eigenvalue weighted by Gasteiger charge is -2.04. The Bertz CT molecular complexity index is 1380. The first-order valence-electron chi connectivity index (χ1n) is 10.5. The molecule has 0 unspecified atom stereocenters. The highest BCUT2D eigenvalue weighted by molar-refractivity contribution is 6.50. The molecule has 6 nitrogen and oxygen atoms in total. The first-order chi connectivity index (χ1) is 15.1. The third-order valence-corrected chi connectivity index (χ3v) is 6.01. The van der Waals surface area contributed by atoms with Crippen molar-refractivity contribution in [3.05, 3.63) is 72.1 Å². The maximum absolute atomic E-state index is 13.0. The Labute approximate surface area is 192 Å². The number of benzene rings is 2. The van der Waals surface area contributed by atoms with E-state index in [1.165, 1.54) is 0 Å². The summed E-state index contributed by atoms with van der Waals surface area (Å²) in [7, 11) is 1.95. The predicted molar refractivity (Wildman–Crippen MR) is 130 cm³/mol. The van der Waals surface area contributed by atoms with Gasteiger partial charge in [0.25, 0.3) is 11.8 Å². The Morgan fingerprint density at radius 2 is 1.38 bits per heavy atom. The van der Waals surface area contributed by atoms with Crippen LogP contribution in [0.15, 0.2) is 60.9 Å². The zero-order chi connectivity index (χ0) is 21.5. The third kappa shape index (κ3) is 3.42. The molecule has 3 heterocycles. The van der Waals surface area contributed by atoms with Crippen molar-refractivity contribution in [3.63, 3.8) is 0 Å². The average molecular weight is 449 g/mol. The molecule has 2 aromatic heterocycles.